The van der Waals surface area contributed by atoms with E-state index < -0.39 is 0 Å². The normalized spacial score (nSPS) is 14.6. The second kappa shape index (κ2) is 7.80. The second-order valence-electron chi connectivity index (χ2n) is 6.61. The van der Waals surface area contributed by atoms with Crippen molar-refractivity contribution in [3.8, 4) is 0 Å². The summed E-state index contributed by atoms with van der Waals surface area (Å²) in [7, 11) is 1.74. The molecule has 0 spiro atoms. The van der Waals surface area contributed by atoms with Crippen LogP contribution in [0.3, 0.4) is 0 Å². The standard InChI is InChI=1S/C19H29NO2/c1-13(2)18(12-21)17(6-5-9-22-4)15-7-8-16-14(3)11-20-19(16)10-15/h7-8,10-11,13,17-18,20-21H,5-6,9,12H2,1-4H3. The van der Waals surface area contributed by atoms with E-state index in [9.17, 15) is 5.11 Å². The van der Waals surface area contributed by atoms with Crippen LogP contribution in [0.25, 0.3) is 10.9 Å². The SMILES string of the molecule is COCCCC(c1ccc2c(C)c[nH]c2c1)C(CO)C(C)C. The molecule has 0 aliphatic heterocycles. The van der Waals surface area contributed by atoms with E-state index in [0.717, 1.165) is 19.4 Å². The number of hydrogen-bond donors (Lipinski definition) is 2. The molecule has 0 radical (unpaired) electrons. The molecule has 0 saturated heterocycles. The van der Waals surface area contributed by atoms with E-state index in [4.69, 9.17) is 4.74 Å². The highest BCUT2D eigenvalue weighted by atomic mass is 16.5. The summed E-state index contributed by atoms with van der Waals surface area (Å²) in [5.74, 6) is 1.11. The van der Waals surface area contributed by atoms with Crippen molar-refractivity contribution in [3.05, 3.63) is 35.5 Å². The minimum absolute atomic E-state index is 0.233. The van der Waals surface area contributed by atoms with E-state index in [1.54, 1.807) is 7.11 Å². The summed E-state index contributed by atoms with van der Waals surface area (Å²) in [6.45, 7) is 7.52. The summed E-state index contributed by atoms with van der Waals surface area (Å²) in [5, 5.41) is 11.1. The lowest BCUT2D eigenvalue weighted by Gasteiger charge is -2.29. The molecule has 122 valence electrons. The first-order valence-corrected chi connectivity index (χ1v) is 8.26. The van der Waals surface area contributed by atoms with Gasteiger partial charge in [-0.1, -0.05) is 26.0 Å². The topological polar surface area (TPSA) is 45.2 Å². The van der Waals surface area contributed by atoms with Gasteiger partial charge in [-0.15, -0.1) is 0 Å². The molecule has 3 heteroatoms. The van der Waals surface area contributed by atoms with Crippen LogP contribution in [-0.4, -0.2) is 30.4 Å². The van der Waals surface area contributed by atoms with Crippen molar-refractivity contribution >= 4 is 10.9 Å². The maximum Gasteiger partial charge on any atom is 0.0467 e. The molecule has 2 N–H and O–H groups in total. The number of nitrogens with one attached hydrogen (secondary N) is 1. The fourth-order valence-corrected chi connectivity index (χ4v) is 3.40. The molecule has 2 unspecified atom stereocenters. The molecule has 1 aromatic heterocycles. The first-order valence-electron chi connectivity index (χ1n) is 8.26. The lowest BCUT2D eigenvalue weighted by molar-refractivity contribution is 0.147. The zero-order valence-electron chi connectivity index (χ0n) is 14.2. The van der Waals surface area contributed by atoms with Gasteiger partial charge in [0.25, 0.3) is 0 Å². The minimum Gasteiger partial charge on any atom is -0.396 e. The lowest BCUT2D eigenvalue weighted by atomic mass is 9.77. The number of aryl methyl sites for hydroxylation is 1. The van der Waals surface area contributed by atoms with E-state index in [1.807, 2.05) is 0 Å². The average molecular weight is 303 g/mol. The lowest BCUT2D eigenvalue weighted by Crippen LogP contribution is -2.23. The molecule has 2 aromatic rings. The predicted octanol–water partition coefficient (Wildman–Crippen LogP) is 4.25. The monoisotopic (exact) mass is 303 g/mol. The van der Waals surface area contributed by atoms with Gasteiger partial charge in [0.05, 0.1) is 0 Å². The number of aromatic nitrogens is 1. The summed E-state index contributed by atoms with van der Waals surface area (Å²) in [5.41, 5.74) is 3.78. The quantitative estimate of drug-likeness (QED) is 0.716. The molecule has 0 saturated carbocycles. The van der Waals surface area contributed by atoms with Crippen LogP contribution in [0.15, 0.2) is 24.4 Å². The van der Waals surface area contributed by atoms with Gasteiger partial charge >= 0.3 is 0 Å². The molecule has 0 amide bonds. The third kappa shape index (κ3) is 3.71. The van der Waals surface area contributed by atoms with Crippen molar-refractivity contribution in [2.45, 2.75) is 39.5 Å². The zero-order valence-corrected chi connectivity index (χ0v) is 14.2. The van der Waals surface area contributed by atoms with Crippen molar-refractivity contribution in [2.75, 3.05) is 20.3 Å². The Morgan fingerprint density at radius 2 is 2.05 bits per heavy atom. The molecule has 2 atom stereocenters. The highest BCUT2D eigenvalue weighted by molar-refractivity contribution is 5.83. The van der Waals surface area contributed by atoms with Gasteiger partial charge in [0.2, 0.25) is 0 Å². The average Bonchev–Trinajstić information content (AvgIpc) is 2.87. The van der Waals surface area contributed by atoms with E-state index in [-0.39, 0.29) is 12.5 Å². The van der Waals surface area contributed by atoms with E-state index in [1.165, 1.54) is 22.0 Å². The Morgan fingerprint density at radius 3 is 2.68 bits per heavy atom. The Bertz CT molecular complexity index is 588. The third-order valence-electron chi connectivity index (χ3n) is 4.79. The molecule has 0 bridgehead atoms. The van der Waals surface area contributed by atoms with Gasteiger partial charge in [-0.25, -0.2) is 0 Å². The van der Waals surface area contributed by atoms with Crippen LogP contribution < -0.4 is 0 Å². The Labute approximate surface area is 133 Å². The van der Waals surface area contributed by atoms with Gasteiger partial charge in [-0.05, 0) is 54.7 Å². The highest BCUT2D eigenvalue weighted by Crippen LogP contribution is 2.35. The number of rotatable bonds is 8. The fraction of sp³-hybridized carbons (Fsp3) is 0.579. The van der Waals surface area contributed by atoms with Crippen molar-refractivity contribution in [1.82, 2.24) is 4.98 Å². The van der Waals surface area contributed by atoms with Crippen LogP contribution in [0.4, 0.5) is 0 Å². The van der Waals surface area contributed by atoms with Gasteiger partial charge in [0, 0.05) is 37.4 Å². The van der Waals surface area contributed by atoms with Crippen molar-refractivity contribution < 1.29 is 9.84 Å². The molecule has 2 rings (SSSR count). The van der Waals surface area contributed by atoms with Crippen molar-refractivity contribution in [2.24, 2.45) is 11.8 Å². The number of hydrogen-bond acceptors (Lipinski definition) is 2. The van der Waals surface area contributed by atoms with Gasteiger partial charge in [0.15, 0.2) is 0 Å². The number of aromatic amines is 1. The van der Waals surface area contributed by atoms with Gasteiger partial charge < -0.3 is 14.8 Å². The zero-order chi connectivity index (χ0) is 16.1. The highest BCUT2D eigenvalue weighted by Gasteiger charge is 2.25. The Kier molecular flexibility index (Phi) is 6.04. The molecule has 0 aliphatic rings. The number of ether oxygens (including phenoxy) is 1. The van der Waals surface area contributed by atoms with Gasteiger partial charge in [-0.2, -0.15) is 0 Å². The molecule has 0 fully saturated rings. The fourth-order valence-electron chi connectivity index (χ4n) is 3.40. The molecule has 22 heavy (non-hydrogen) atoms. The summed E-state index contributed by atoms with van der Waals surface area (Å²) < 4.78 is 5.21. The smallest absolute Gasteiger partial charge is 0.0467 e. The predicted molar refractivity (Wildman–Crippen MR) is 92.3 cm³/mol. The van der Waals surface area contributed by atoms with Crippen LogP contribution >= 0.6 is 0 Å². The van der Waals surface area contributed by atoms with Crippen LogP contribution in [-0.2, 0) is 4.74 Å². The molecular formula is C19H29NO2. The van der Waals surface area contributed by atoms with Crippen molar-refractivity contribution in [1.29, 1.82) is 0 Å². The largest absolute Gasteiger partial charge is 0.396 e. The van der Waals surface area contributed by atoms with E-state index >= 15 is 0 Å². The number of benzene rings is 1. The maximum atomic E-state index is 9.86. The number of H-pyrrole nitrogens is 1. The Balaban J connectivity index is 2.31. The number of fused-ring (bicyclic) bond motifs is 1. The molecule has 3 nitrogen and oxygen atoms in total. The van der Waals surface area contributed by atoms with Crippen LogP contribution in [0.2, 0.25) is 0 Å². The van der Waals surface area contributed by atoms with Gasteiger partial charge in [0.1, 0.15) is 0 Å². The van der Waals surface area contributed by atoms with E-state index in [0.29, 0.717) is 11.8 Å². The number of aliphatic hydroxyl groups excluding tert-OH is 1. The molecule has 0 aliphatic carbocycles. The first-order chi connectivity index (χ1) is 10.6. The van der Waals surface area contributed by atoms with Crippen LogP contribution in [0.1, 0.15) is 43.7 Å². The molecular weight excluding hydrogens is 274 g/mol. The maximum absolute atomic E-state index is 9.86. The summed E-state index contributed by atoms with van der Waals surface area (Å²) >= 11 is 0. The summed E-state index contributed by atoms with van der Waals surface area (Å²) in [4.78, 5) is 3.35. The molecule has 1 heterocycles. The van der Waals surface area contributed by atoms with Crippen LogP contribution in [0, 0.1) is 18.8 Å². The minimum atomic E-state index is 0.233. The van der Waals surface area contributed by atoms with Crippen LogP contribution in [0.5, 0.6) is 0 Å². The Hall–Kier alpha value is -1.32. The number of methoxy groups -OCH3 is 1. The van der Waals surface area contributed by atoms with E-state index in [2.05, 4.69) is 50.2 Å². The Morgan fingerprint density at radius 1 is 1.27 bits per heavy atom. The third-order valence-corrected chi connectivity index (χ3v) is 4.79. The summed E-state index contributed by atoms with van der Waals surface area (Å²) in [6.07, 6.45) is 4.12. The second-order valence-corrected chi connectivity index (χ2v) is 6.61. The summed E-state index contributed by atoms with van der Waals surface area (Å²) in [6, 6.07) is 6.69. The first kappa shape index (κ1) is 17.0. The number of aliphatic hydroxyl groups is 1. The van der Waals surface area contributed by atoms with Gasteiger partial charge in [-0.3, -0.25) is 0 Å². The molecule has 1 aromatic carbocycles. The van der Waals surface area contributed by atoms with Crippen molar-refractivity contribution in [3.63, 3.8) is 0 Å².